The average Bonchev–Trinajstić information content (AvgIpc) is 2.98. The summed E-state index contributed by atoms with van der Waals surface area (Å²) < 4.78 is 2.33. The Kier molecular flexibility index (Phi) is 1.65. The number of aromatic nitrogens is 3. The van der Waals surface area contributed by atoms with Gasteiger partial charge in [-0.1, -0.05) is 0 Å². The molecule has 0 aliphatic rings. The van der Waals surface area contributed by atoms with Crippen molar-refractivity contribution in [1.82, 2.24) is 14.4 Å². The van der Waals surface area contributed by atoms with Crippen molar-refractivity contribution in [1.29, 1.82) is 0 Å². The van der Waals surface area contributed by atoms with Crippen molar-refractivity contribution in [3.63, 3.8) is 0 Å². The highest BCUT2D eigenvalue weighted by Gasteiger charge is 2.17. The molecule has 94 valence electrons. The number of hydrogen-bond acceptors (Lipinski definition) is 2. The lowest BCUT2D eigenvalue weighted by molar-refractivity contribution is 1.30. The molecule has 5 rings (SSSR count). The Bertz CT molecular complexity index is 1020. The Labute approximate surface area is 114 Å². The minimum absolute atomic E-state index is 1.21. The van der Waals surface area contributed by atoms with Gasteiger partial charge in [0.15, 0.2) is 0 Å². The van der Waals surface area contributed by atoms with E-state index in [2.05, 4.69) is 45.6 Å². The summed E-state index contributed by atoms with van der Waals surface area (Å²) in [5.74, 6) is 0. The highest BCUT2D eigenvalue weighted by Crippen LogP contribution is 2.38. The molecule has 4 aromatic heterocycles. The molecule has 5 aromatic rings. The molecular weight excluding hydrogens is 246 g/mol. The Hall–Kier alpha value is -2.68. The molecule has 0 aliphatic carbocycles. The molecule has 0 saturated carbocycles. The van der Waals surface area contributed by atoms with E-state index in [1.165, 1.54) is 43.7 Å². The van der Waals surface area contributed by atoms with Crippen LogP contribution >= 0.6 is 0 Å². The largest absolute Gasteiger partial charge is 0.308 e. The molecule has 4 heterocycles. The predicted molar refractivity (Wildman–Crippen MR) is 81.4 cm³/mol. The summed E-state index contributed by atoms with van der Waals surface area (Å²) in [7, 11) is 0. The van der Waals surface area contributed by atoms with Crippen molar-refractivity contribution in [2.75, 3.05) is 0 Å². The van der Waals surface area contributed by atoms with Gasteiger partial charge in [0, 0.05) is 46.3 Å². The van der Waals surface area contributed by atoms with E-state index in [1.54, 1.807) is 0 Å². The third-order valence-electron chi connectivity index (χ3n) is 4.14. The maximum atomic E-state index is 4.29. The van der Waals surface area contributed by atoms with Crippen LogP contribution in [0.25, 0.3) is 38.1 Å². The molecule has 3 heteroatoms. The minimum Gasteiger partial charge on any atom is -0.308 e. The van der Waals surface area contributed by atoms with Crippen LogP contribution in [0.5, 0.6) is 0 Å². The average molecular weight is 257 g/mol. The van der Waals surface area contributed by atoms with Gasteiger partial charge in [0.05, 0.1) is 16.6 Å². The van der Waals surface area contributed by atoms with E-state index >= 15 is 0 Å². The van der Waals surface area contributed by atoms with E-state index in [9.17, 15) is 0 Å². The second-order valence-corrected chi connectivity index (χ2v) is 5.33. The summed E-state index contributed by atoms with van der Waals surface area (Å²) in [6, 6.07) is 8.67. The standard InChI is InChI=1S/C17H11N3/c1-10-6-11-13-8-18-4-2-15(13)20-16-3-5-19-9-14(16)12(7-10)17(11)20/h2-9H,1H3. The Morgan fingerprint density at radius 3 is 1.90 bits per heavy atom. The van der Waals surface area contributed by atoms with Crippen LogP contribution < -0.4 is 0 Å². The molecule has 0 atom stereocenters. The summed E-state index contributed by atoms with van der Waals surface area (Å²) in [4.78, 5) is 8.58. The first-order valence-electron chi connectivity index (χ1n) is 6.68. The first-order valence-corrected chi connectivity index (χ1v) is 6.68. The molecular formula is C17H11N3. The summed E-state index contributed by atoms with van der Waals surface area (Å²) in [5, 5.41) is 4.99. The smallest absolute Gasteiger partial charge is 0.0621 e. The Morgan fingerprint density at radius 1 is 0.800 bits per heavy atom. The van der Waals surface area contributed by atoms with E-state index in [-0.39, 0.29) is 0 Å². The Morgan fingerprint density at radius 2 is 1.35 bits per heavy atom. The van der Waals surface area contributed by atoms with E-state index in [0.717, 1.165) is 0 Å². The molecule has 0 fully saturated rings. The van der Waals surface area contributed by atoms with Crippen LogP contribution in [0.4, 0.5) is 0 Å². The highest BCUT2D eigenvalue weighted by molar-refractivity contribution is 6.23. The second-order valence-electron chi connectivity index (χ2n) is 5.33. The summed E-state index contributed by atoms with van der Waals surface area (Å²) in [5.41, 5.74) is 4.98. The number of hydrogen-bond donors (Lipinski definition) is 0. The van der Waals surface area contributed by atoms with Crippen LogP contribution in [0.1, 0.15) is 5.56 Å². The molecule has 1 aromatic carbocycles. The maximum Gasteiger partial charge on any atom is 0.0621 e. The Balaban J connectivity index is 2.30. The summed E-state index contributed by atoms with van der Waals surface area (Å²) in [6.45, 7) is 2.14. The van der Waals surface area contributed by atoms with E-state index in [0.29, 0.717) is 0 Å². The minimum atomic E-state index is 1.21. The van der Waals surface area contributed by atoms with Crippen molar-refractivity contribution >= 4 is 38.1 Å². The quantitative estimate of drug-likeness (QED) is 0.420. The van der Waals surface area contributed by atoms with Crippen LogP contribution in [0.3, 0.4) is 0 Å². The molecule has 3 nitrogen and oxygen atoms in total. The van der Waals surface area contributed by atoms with E-state index < -0.39 is 0 Å². The van der Waals surface area contributed by atoms with Gasteiger partial charge in [0.25, 0.3) is 0 Å². The van der Waals surface area contributed by atoms with Gasteiger partial charge < -0.3 is 4.40 Å². The number of aryl methyl sites for hydroxylation is 1. The normalized spacial score (nSPS) is 12.2. The van der Waals surface area contributed by atoms with Crippen molar-refractivity contribution in [2.45, 2.75) is 6.92 Å². The zero-order chi connectivity index (χ0) is 13.3. The van der Waals surface area contributed by atoms with Crippen molar-refractivity contribution in [2.24, 2.45) is 0 Å². The van der Waals surface area contributed by atoms with Gasteiger partial charge in [-0.15, -0.1) is 0 Å². The molecule has 0 saturated heterocycles. The first-order chi connectivity index (χ1) is 9.84. The van der Waals surface area contributed by atoms with Gasteiger partial charge in [0.2, 0.25) is 0 Å². The number of rotatable bonds is 0. The fourth-order valence-electron chi connectivity index (χ4n) is 3.38. The maximum absolute atomic E-state index is 4.29. The van der Waals surface area contributed by atoms with Gasteiger partial charge in [-0.3, -0.25) is 9.97 Å². The van der Waals surface area contributed by atoms with Crippen LogP contribution in [0, 0.1) is 6.92 Å². The van der Waals surface area contributed by atoms with Gasteiger partial charge in [-0.25, -0.2) is 0 Å². The SMILES string of the molecule is Cc1cc2c3cnccc3n3c4ccncc4c(c1)c23. The van der Waals surface area contributed by atoms with Gasteiger partial charge in [-0.05, 0) is 36.8 Å². The number of pyridine rings is 2. The lowest BCUT2D eigenvalue weighted by Crippen LogP contribution is -1.80. The topological polar surface area (TPSA) is 30.2 Å². The fourth-order valence-corrected chi connectivity index (χ4v) is 3.38. The molecule has 0 spiro atoms. The molecule has 0 radical (unpaired) electrons. The predicted octanol–water partition coefficient (Wildman–Crippen LogP) is 3.94. The van der Waals surface area contributed by atoms with Gasteiger partial charge in [0.1, 0.15) is 0 Å². The molecule has 0 unspecified atom stereocenters. The second kappa shape index (κ2) is 3.25. The number of nitrogens with zero attached hydrogens (tertiary/aromatic N) is 3. The van der Waals surface area contributed by atoms with Gasteiger partial charge in [-0.2, -0.15) is 0 Å². The zero-order valence-corrected chi connectivity index (χ0v) is 11.0. The van der Waals surface area contributed by atoms with Crippen molar-refractivity contribution in [3.05, 3.63) is 54.6 Å². The highest BCUT2D eigenvalue weighted by atomic mass is 14.9. The third-order valence-corrected chi connectivity index (χ3v) is 4.14. The van der Waals surface area contributed by atoms with Crippen molar-refractivity contribution < 1.29 is 0 Å². The molecule has 0 N–H and O–H groups in total. The van der Waals surface area contributed by atoms with E-state index in [1.807, 2.05) is 24.8 Å². The van der Waals surface area contributed by atoms with Crippen LogP contribution in [-0.4, -0.2) is 14.4 Å². The number of fused-ring (bicyclic) bond motifs is 6. The van der Waals surface area contributed by atoms with Crippen molar-refractivity contribution in [3.8, 4) is 0 Å². The van der Waals surface area contributed by atoms with E-state index in [4.69, 9.17) is 0 Å². The molecule has 0 bridgehead atoms. The first kappa shape index (κ1) is 10.1. The number of benzene rings is 1. The van der Waals surface area contributed by atoms with Crippen LogP contribution in [-0.2, 0) is 0 Å². The lowest BCUT2D eigenvalue weighted by Gasteiger charge is -1.97. The van der Waals surface area contributed by atoms with Crippen LogP contribution in [0.2, 0.25) is 0 Å². The fraction of sp³-hybridized carbons (Fsp3) is 0.0588. The van der Waals surface area contributed by atoms with Gasteiger partial charge >= 0.3 is 0 Å². The third kappa shape index (κ3) is 1.03. The zero-order valence-electron chi connectivity index (χ0n) is 11.0. The monoisotopic (exact) mass is 257 g/mol. The van der Waals surface area contributed by atoms with Crippen LogP contribution in [0.15, 0.2) is 49.1 Å². The summed E-state index contributed by atoms with van der Waals surface area (Å²) >= 11 is 0. The molecule has 0 amide bonds. The lowest BCUT2D eigenvalue weighted by atomic mass is 10.1. The summed E-state index contributed by atoms with van der Waals surface area (Å²) in [6.07, 6.45) is 7.64. The molecule has 20 heavy (non-hydrogen) atoms. The molecule has 0 aliphatic heterocycles.